The largest absolute Gasteiger partial charge is 0.393 e. The van der Waals surface area contributed by atoms with Crippen LogP contribution >= 0.6 is 0 Å². The molecule has 1 saturated carbocycles. The average Bonchev–Trinajstić information content (AvgIpc) is 2.68. The van der Waals surface area contributed by atoms with Gasteiger partial charge in [0.25, 0.3) is 0 Å². The van der Waals surface area contributed by atoms with Crippen LogP contribution in [0.15, 0.2) is 0 Å². The first-order valence-corrected chi connectivity index (χ1v) is 7.84. The van der Waals surface area contributed by atoms with Crippen molar-refractivity contribution in [2.45, 2.75) is 51.2 Å². The van der Waals surface area contributed by atoms with Crippen LogP contribution in [0.5, 0.6) is 0 Å². The van der Waals surface area contributed by atoms with E-state index in [2.05, 4.69) is 16.7 Å². The molecule has 3 rings (SSSR count). The van der Waals surface area contributed by atoms with Crippen molar-refractivity contribution >= 4 is 5.91 Å². The lowest BCUT2D eigenvalue weighted by molar-refractivity contribution is -0.133. The first-order valence-electron chi connectivity index (χ1n) is 7.84. The Labute approximate surface area is 115 Å². The van der Waals surface area contributed by atoms with Crippen molar-refractivity contribution in [3.05, 3.63) is 0 Å². The van der Waals surface area contributed by atoms with E-state index < -0.39 is 0 Å². The molecule has 1 aliphatic carbocycles. The molecule has 0 aromatic rings. The number of amides is 1. The Kier molecular flexibility index (Phi) is 3.81. The summed E-state index contributed by atoms with van der Waals surface area (Å²) in [7, 11) is 0. The molecule has 0 aromatic carbocycles. The van der Waals surface area contributed by atoms with Gasteiger partial charge in [0.15, 0.2) is 0 Å². The van der Waals surface area contributed by atoms with Crippen molar-refractivity contribution in [3.63, 3.8) is 0 Å². The van der Waals surface area contributed by atoms with Crippen molar-refractivity contribution in [1.82, 2.24) is 9.80 Å². The van der Waals surface area contributed by atoms with Crippen LogP contribution in [0.3, 0.4) is 0 Å². The number of nitrogens with zero attached hydrogens (tertiary/aromatic N) is 2. The fraction of sp³-hybridized carbons (Fsp3) is 0.933. The zero-order chi connectivity index (χ0) is 13.4. The number of aliphatic hydroxyl groups excluding tert-OH is 1. The molecular weight excluding hydrogens is 240 g/mol. The maximum Gasteiger partial charge on any atom is 0.225 e. The summed E-state index contributed by atoms with van der Waals surface area (Å²) in [6.07, 6.45) is 5.27. The first-order chi connectivity index (χ1) is 9.13. The van der Waals surface area contributed by atoms with E-state index in [4.69, 9.17) is 0 Å². The van der Waals surface area contributed by atoms with Crippen LogP contribution in [-0.4, -0.2) is 59.1 Å². The summed E-state index contributed by atoms with van der Waals surface area (Å²) < 4.78 is 0. The minimum Gasteiger partial charge on any atom is -0.393 e. The van der Waals surface area contributed by atoms with Gasteiger partial charge in [-0.2, -0.15) is 0 Å². The van der Waals surface area contributed by atoms with E-state index in [1.165, 1.54) is 19.4 Å². The SMILES string of the molecule is CC1CC2CN(CC3CCC(O)CC3)CCN2C1=O. The number of fused-ring (bicyclic) bond motifs is 1. The molecule has 0 aromatic heterocycles. The van der Waals surface area contributed by atoms with Gasteiger partial charge in [-0.3, -0.25) is 9.69 Å². The van der Waals surface area contributed by atoms with Crippen molar-refractivity contribution in [3.8, 4) is 0 Å². The molecule has 0 bridgehead atoms. The van der Waals surface area contributed by atoms with E-state index in [-0.39, 0.29) is 12.0 Å². The topological polar surface area (TPSA) is 43.8 Å². The third-order valence-electron chi connectivity index (χ3n) is 5.23. The van der Waals surface area contributed by atoms with Gasteiger partial charge in [0.1, 0.15) is 0 Å². The summed E-state index contributed by atoms with van der Waals surface area (Å²) in [5.41, 5.74) is 0. The van der Waals surface area contributed by atoms with Gasteiger partial charge in [0.05, 0.1) is 6.10 Å². The molecule has 3 fully saturated rings. The lowest BCUT2D eigenvalue weighted by Gasteiger charge is -2.39. The predicted octanol–water partition coefficient (Wildman–Crippen LogP) is 1.09. The molecule has 108 valence electrons. The van der Waals surface area contributed by atoms with Crippen molar-refractivity contribution in [2.75, 3.05) is 26.2 Å². The number of piperazine rings is 1. The Bertz CT molecular complexity index is 339. The Hall–Kier alpha value is -0.610. The van der Waals surface area contributed by atoms with Crippen LogP contribution in [0, 0.1) is 11.8 Å². The highest BCUT2D eigenvalue weighted by molar-refractivity contribution is 5.81. The number of rotatable bonds is 2. The van der Waals surface area contributed by atoms with Crippen molar-refractivity contribution in [2.24, 2.45) is 11.8 Å². The third-order valence-corrected chi connectivity index (χ3v) is 5.23. The molecule has 2 aliphatic heterocycles. The summed E-state index contributed by atoms with van der Waals surface area (Å²) in [4.78, 5) is 16.6. The van der Waals surface area contributed by atoms with Gasteiger partial charge in [-0.05, 0) is 38.0 Å². The fourth-order valence-corrected chi connectivity index (χ4v) is 4.06. The molecule has 2 atom stereocenters. The lowest BCUT2D eigenvalue weighted by atomic mass is 9.87. The van der Waals surface area contributed by atoms with Gasteiger partial charge >= 0.3 is 0 Å². The number of aliphatic hydroxyl groups is 1. The fourth-order valence-electron chi connectivity index (χ4n) is 4.06. The molecule has 1 amide bonds. The van der Waals surface area contributed by atoms with Crippen LogP contribution in [-0.2, 0) is 4.79 Å². The zero-order valence-electron chi connectivity index (χ0n) is 11.9. The summed E-state index contributed by atoms with van der Waals surface area (Å²) in [6, 6.07) is 0.463. The second kappa shape index (κ2) is 5.41. The highest BCUT2D eigenvalue weighted by Crippen LogP contribution is 2.29. The second-order valence-electron chi connectivity index (χ2n) is 6.76. The molecule has 2 unspecified atom stereocenters. The minimum atomic E-state index is -0.0543. The van der Waals surface area contributed by atoms with Crippen molar-refractivity contribution in [1.29, 1.82) is 0 Å². The van der Waals surface area contributed by atoms with Crippen LogP contribution in [0.1, 0.15) is 39.0 Å². The summed E-state index contributed by atoms with van der Waals surface area (Å²) >= 11 is 0. The van der Waals surface area contributed by atoms with E-state index in [1.54, 1.807) is 0 Å². The summed E-state index contributed by atoms with van der Waals surface area (Å²) in [5.74, 6) is 1.35. The Morgan fingerprint density at radius 2 is 1.95 bits per heavy atom. The number of carbonyl (C=O) groups excluding carboxylic acids is 1. The maximum atomic E-state index is 12.0. The smallest absolute Gasteiger partial charge is 0.225 e. The highest BCUT2D eigenvalue weighted by Gasteiger charge is 2.40. The highest BCUT2D eigenvalue weighted by atomic mass is 16.3. The zero-order valence-corrected chi connectivity index (χ0v) is 11.9. The monoisotopic (exact) mass is 266 g/mol. The summed E-state index contributed by atoms with van der Waals surface area (Å²) in [5, 5.41) is 9.56. The molecule has 0 radical (unpaired) electrons. The van der Waals surface area contributed by atoms with Gasteiger partial charge < -0.3 is 10.0 Å². The quantitative estimate of drug-likeness (QED) is 0.813. The van der Waals surface area contributed by atoms with Crippen LogP contribution in [0.25, 0.3) is 0 Å². The minimum absolute atomic E-state index is 0.0543. The van der Waals surface area contributed by atoms with E-state index >= 15 is 0 Å². The summed E-state index contributed by atoms with van der Waals surface area (Å²) in [6.45, 7) is 6.25. The van der Waals surface area contributed by atoms with Crippen LogP contribution < -0.4 is 0 Å². The molecule has 2 saturated heterocycles. The van der Waals surface area contributed by atoms with Gasteiger partial charge in [0, 0.05) is 38.1 Å². The lowest BCUT2D eigenvalue weighted by Crippen LogP contribution is -2.52. The van der Waals surface area contributed by atoms with Gasteiger partial charge in [-0.15, -0.1) is 0 Å². The Balaban J connectivity index is 1.50. The Morgan fingerprint density at radius 1 is 1.21 bits per heavy atom. The molecule has 4 heteroatoms. The van der Waals surface area contributed by atoms with Crippen molar-refractivity contribution < 1.29 is 9.90 Å². The van der Waals surface area contributed by atoms with Crippen LogP contribution in [0.2, 0.25) is 0 Å². The maximum absolute atomic E-state index is 12.0. The van der Waals surface area contributed by atoms with E-state index in [9.17, 15) is 9.90 Å². The molecule has 2 heterocycles. The first kappa shape index (κ1) is 13.4. The van der Waals surface area contributed by atoms with Gasteiger partial charge in [0.2, 0.25) is 5.91 Å². The molecule has 4 nitrogen and oxygen atoms in total. The number of hydrogen-bond donors (Lipinski definition) is 1. The molecule has 19 heavy (non-hydrogen) atoms. The average molecular weight is 266 g/mol. The third kappa shape index (κ3) is 2.79. The molecule has 1 N–H and O–H groups in total. The molecular formula is C15H26N2O2. The Morgan fingerprint density at radius 3 is 2.68 bits per heavy atom. The van der Waals surface area contributed by atoms with E-state index in [0.29, 0.717) is 11.9 Å². The predicted molar refractivity (Wildman–Crippen MR) is 73.7 cm³/mol. The van der Waals surface area contributed by atoms with Gasteiger partial charge in [-0.25, -0.2) is 0 Å². The number of hydrogen-bond acceptors (Lipinski definition) is 3. The normalized spacial score (nSPS) is 40.5. The van der Waals surface area contributed by atoms with E-state index in [0.717, 1.165) is 44.8 Å². The number of carbonyl (C=O) groups is 1. The molecule has 3 aliphatic rings. The van der Waals surface area contributed by atoms with Crippen LogP contribution in [0.4, 0.5) is 0 Å². The molecule has 0 spiro atoms. The van der Waals surface area contributed by atoms with Gasteiger partial charge in [-0.1, -0.05) is 6.92 Å². The second-order valence-corrected chi connectivity index (χ2v) is 6.76. The standard InChI is InChI=1S/C15H26N2O2/c1-11-8-13-10-16(6-7-17(13)15(11)19)9-12-2-4-14(18)5-3-12/h11-14,18H,2-10H2,1H3. The van der Waals surface area contributed by atoms with E-state index in [1.807, 2.05) is 0 Å².